The number of hydrogen-bond donors (Lipinski definition) is 0. The van der Waals surface area contributed by atoms with Crippen LogP contribution < -0.4 is 31.4 Å². The zero-order valence-corrected chi connectivity index (χ0v) is 56.7. The molecule has 0 saturated carbocycles. The molecular weight excluding hydrogens is 1270 g/mol. The summed E-state index contributed by atoms with van der Waals surface area (Å²) < 4.78 is 23.6. The summed E-state index contributed by atoms with van der Waals surface area (Å²) in [6, 6.07) is 50.8. The van der Waals surface area contributed by atoms with Crippen molar-refractivity contribution in [1.29, 1.82) is 15.8 Å². The number of para-hydroxylation sites is 2. The van der Waals surface area contributed by atoms with Crippen LogP contribution >= 0.6 is 11.3 Å². The summed E-state index contributed by atoms with van der Waals surface area (Å²) in [4.78, 5) is 92.7. The van der Waals surface area contributed by atoms with Gasteiger partial charge in [-0.1, -0.05) is 117 Å². The van der Waals surface area contributed by atoms with Crippen LogP contribution in [-0.4, -0.2) is 143 Å². The van der Waals surface area contributed by atoms with Gasteiger partial charge in [-0.2, -0.15) is 15.8 Å². The van der Waals surface area contributed by atoms with E-state index in [1.54, 1.807) is 42.9 Å². The molecule has 0 bridgehead atoms. The van der Waals surface area contributed by atoms with Gasteiger partial charge in [0.15, 0.2) is 5.76 Å². The molecule has 22 heteroatoms. The summed E-state index contributed by atoms with van der Waals surface area (Å²) in [5.41, 5.74) is 6.56. The number of nitrogens with zero attached hydrogens (tertiary/aromatic N) is 13. The van der Waals surface area contributed by atoms with Crippen LogP contribution in [0.1, 0.15) is 87.2 Å². The molecular formula is C77H76FN13O7S. The first-order chi connectivity index (χ1) is 47.9. The Balaban J connectivity index is 0.000000141. The normalized spacial score (nSPS) is 14.9. The third kappa shape index (κ3) is 14.4. The second kappa shape index (κ2) is 29.6. The van der Waals surface area contributed by atoms with Crippen molar-refractivity contribution in [3.8, 4) is 18.2 Å². The molecule has 4 amide bonds. The van der Waals surface area contributed by atoms with Gasteiger partial charge in [-0.05, 0) is 96.3 Å². The van der Waals surface area contributed by atoms with Gasteiger partial charge in [0.2, 0.25) is 0 Å². The zero-order valence-electron chi connectivity index (χ0n) is 55.9. The van der Waals surface area contributed by atoms with Crippen molar-refractivity contribution in [3.63, 3.8) is 0 Å². The molecule has 0 spiro atoms. The van der Waals surface area contributed by atoms with Crippen molar-refractivity contribution < 1.29 is 23.2 Å². The molecule has 9 heterocycles. The van der Waals surface area contributed by atoms with E-state index < -0.39 is 0 Å². The fraction of sp³-hybridized carbons (Fsp3) is 0.312. The predicted molar refractivity (Wildman–Crippen MR) is 383 cm³/mol. The first-order valence-corrected chi connectivity index (χ1v) is 34.2. The van der Waals surface area contributed by atoms with Gasteiger partial charge in [0.05, 0.1) is 57.8 Å². The smallest absolute Gasteiger partial charge is 0.320 e. The fourth-order valence-corrected chi connectivity index (χ4v) is 14.4. The highest BCUT2D eigenvalue weighted by atomic mass is 32.1. The number of likely N-dealkylation sites (tertiary alicyclic amines) is 1. The number of benzene rings is 5. The van der Waals surface area contributed by atoms with Crippen molar-refractivity contribution in [2.75, 3.05) is 106 Å². The lowest BCUT2D eigenvalue weighted by atomic mass is 9.96. The number of aryl methyl sites for hydroxylation is 1. The molecule has 504 valence electrons. The Bertz CT molecular complexity index is 4960. The third-order valence-electron chi connectivity index (χ3n) is 18.6. The Morgan fingerprint density at radius 1 is 0.485 bits per heavy atom. The number of halogens is 1. The number of amides is 4. The molecule has 99 heavy (non-hydrogen) atoms. The SMILES string of the molecule is CC(C)(C)Cn1c(=O)c(C#N)c(N2CCN(C(=O)c3cccs3)CC2)c2ccccc21.Cc1ccc2c(c1)c(N1CCN(C(=O)c3ccco3)CC1)c(C#N)c(=O)n2Cc1ccccc1.N#Cc1c(N2CCN(C(=O)N3CCCC3)CC2)c2ccccc2n(Cc2ccc(F)cc2)c1=O. The number of thiophene rings is 1. The number of rotatable bonds is 10. The number of furan rings is 1. The average Bonchev–Trinajstić information content (AvgIpc) is 1.26. The number of carbonyl (C=O) groups excluding carboxylic acids is 3. The van der Waals surface area contributed by atoms with Crippen LogP contribution in [0.4, 0.5) is 26.2 Å². The van der Waals surface area contributed by atoms with Gasteiger partial charge in [0.25, 0.3) is 28.5 Å². The number of nitriles is 3. The Morgan fingerprint density at radius 3 is 1.43 bits per heavy atom. The van der Waals surface area contributed by atoms with Crippen LogP contribution in [0.25, 0.3) is 32.7 Å². The van der Waals surface area contributed by atoms with Crippen molar-refractivity contribution in [3.05, 3.63) is 238 Å². The van der Waals surface area contributed by atoms with Gasteiger partial charge < -0.3 is 52.4 Å². The van der Waals surface area contributed by atoms with Gasteiger partial charge >= 0.3 is 6.03 Å². The first kappa shape index (κ1) is 67.7. The third-order valence-corrected chi connectivity index (χ3v) is 19.4. The largest absolute Gasteiger partial charge is 0.459 e. The molecule has 4 aliphatic heterocycles. The van der Waals surface area contributed by atoms with Crippen molar-refractivity contribution in [1.82, 2.24) is 33.3 Å². The number of urea groups is 1. The second-order valence-electron chi connectivity index (χ2n) is 26.4. The Hall–Kier alpha value is -11.3. The standard InChI is InChI=1S/C27H24N4O3.C26H26FN5O2.C24H26N4O2S/c1-19-9-10-23-21(16-19)25(22(17-28)26(32)31(23)18-20-6-3-2-4-7-20)29-11-13-30(14-12-29)27(33)24-8-5-15-34-24;27-20-9-7-19(8-10-20)18-32-23-6-2-1-5-21(23)24(22(17-28)25(32)33)29-13-15-31(16-14-29)26(34)30-11-3-4-12-30;1-24(2,3)16-28-19-8-5-4-7-17(19)21(18(15-25)22(28)29)26-10-12-27(13-11-26)23(30)20-9-6-14-31-20/h2-10,15-16H,11-14,18H2,1H3;1-2,5-10H,3-4,11-16,18H2;4-9,14H,10-13,16H2,1-3H3. The van der Waals surface area contributed by atoms with E-state index in [1.807, 2.05) is 136 Å². The second-order valence-corrected chi connectivity index (χ2v) is 27.3. The van der Waals surface area contributed by atoms with Crippen molar-refractivity contribution in [2.24, 2.45) is 5.41 Å². The molecule has 4 saturated heterocycles. The highest BCUT2D eigenvalue weighted by molar-refractivity contribution is 7.12. The van der Waals surface area contributed by atoms with Gasteiger partial charge in [0.1, 0.15) is 40.7 Å². The fourth-order valence-electron chi connectivity index (χ4n) is 13.7. The average molecular weight is 1350 g/mol. The van der Waals surface area contributed by atoms with Crippen LogP contribution in [0.2, 0.25) is 0 Å². The maximum absolute atomic E-state index is 13.5. The summed E-state index contributed by atoms with van der Waals surface area (Å²) in [6.45, 7) is 17.5. The van der Waals surface area contributed by atoms with Crippen LogP contribution in [-0.2, 0) is 19.6 Å². The molecule has 20 nitrogen and oxygen atoms in total. The van der Waals surface area contributed by atoms with E-state index in [1.165, 1.54) is 29.7 Å². The summed E-state index contributed by atoms with van der Waals surface area (Å²) in [5.74, 6) is -0.128. The van der Waals surface area contributed by atoms with Crippen molar-refractivity contribution >= 4 is 79.0 Å². The summed E-state index contributed by atoms with van der Waals surface area (Å²) in [5, 5.41) is 34.5. The Labute approximate surface area is 576 Å². The quantitative estimate of drug-likeness (QED) is 0.124. The van der Waals surface area contributed by atoms with E-state index in [0.717, 1.165) is 80.2 Å². The molecule has 5 aromatic heterocycles. The number of aromatic nitrogens is 3. The lowest BCUT2D eigenvalue weighted by Gasteiger charge is -2.38. The predicted octanol–water partition coefficient (Wildman–Crippen LogP) is 11.1. The van der Waals surface area contributed by atoms with Crippen LogP contribution in [0.5, 0.6) is 0 Å². The molecule has 0 N–H and O–H groups in total. The molecule has 0 aliphatic carbocycles. The van der Waals surface area contributed by atoms with E-state index >= 15 is 0 Å². The van der Waals surface area contributed by atoms with E-state index in [-0.39, 0.29) is 69.0 Å². The minimum absolute atomic E-state index is 0.0422. The lowest BCUT2D eigenvalue weighted by molar-refractivity contribution is 0.0713. The zero-order chi connectivity index (χ0) is 69.5. The Morgan fingerprint density at radius 2 is 0.939 bits per heavy atom. The van der Waals surface area contributed by atoms with E-state index in [2.05, 4.69) is 53.7 Å². The number of hydrogen-bond acceptors (Lipinski definition) is 14. The molecule has 0 unspecified atom stereocenters. The summed E-state index contributed by atoms with van der Waals surface area (Å²) in [7, 11) is 0. The maximum atomic E-state index is 13.5. The van der Waals surface area contributed by atoms with Crippen molar-refractivity contribution in [2.45, 2.75) is 60.2 Å². The highest BCUT2D eigenvalue weighted by Gasteiger charge is 2.33. The molecule has 10 aromatic rings. The molecule has 14 rings (SSSR count). The number of fused-ring (bicyclic) bond motifs is 3. The highest BCUT2D eigenvalue weighted by Crippen LogP contribution is 2.35. The van der Waals surface area contributed by atoms with Gasteiger partial charge in [-0.25, -0.2) is 9.18 Å². The first-order valence-electron chi connectivity index (χ1n) is 33.3. The molecule has 0 atom stereocenters. The number of carbonyl (C=O) groups is 3. The minimum atomic E-state index is -0.365. The minimum Gasteiger partial charge on any atom is -0.459 e. The molecule has 5 aromatic carbocycles. The number of pyridine rings is 3. The van der Waals surface area contributed by atoms with E-state index in [0.29, 0.717) is 114 Å². The molecule has 0 radical (unpaired) electrons. The van der Waals surface area contributed by atoms with Crippen LogP contribution in [0.15, 0.2) is 176 Å². The van der Waals surface area contributed by atoms with Gasteiger partial charge in [-0.15, -0.1) is 11.3 Å². The van der Waals surface area contributed by atoms with E-state index in [9.17, 15) is 48.9 Å². The van der Waals surface area contributed by atoms with E-state index in [4.69, 9.17) is 4.42 Å². The molecule has 4 fully saturated rings. The topological polar surface area (TPSA) is 224 Å². The van der Waals surface area contributed by atoms with Crippen LogP contribution in [0, 0.1) is 52.1 Å². The van der Waals surface area contributed by atoms with Crippen LogP contribution in [0.3, 0.4) is 0 Å². The lowest BCUT2D eigenvalue weighted by Crippen LogP contribution is -2.52. The Kier molecular flexibility index (Phi) is 20.2. The van der Waals surface area contributed by atoms with Gasteiger partial charge in [0, 0.05) is 114 Å². The summed E-state index contributed by atoms with van der Waals surface area (Å²) >= 11 is 1.45. The maximum Gasteiger partial charge on any atom is 0.320 e. The molecule has 4 aliphatic rings. The number of anilines is 3. The monoisotopic (exact) mass is 1350 g/mol. The number of piperazine rings is 3. The summed E-state index contributed by atoms with van der Waals surface area (Å²) in [6.07, 6.45) is 3.59. The van der Waals surface area contributed by atoms with Gasteiger partial charge in [-0.3, -0.25) is 24.0 Å².